The molecule has 2 heterocycles. The molecule has 0 aliphatic carbocycles. The second-order valence-corrected chi connectivity index (χ2v) is 6.77. The molecule has 0 aromatic heterocycles. The quantitative estimate of drug-likeness (QED) is 0.832. The second kappa shape index (κ2) is 6.25. The molecule has 3 heteroatoms. The number of hydrogen-bond acceptors (Lipinski definition) is 3. The molecular formula is C20H24N2O. The normalized spacial score (nSPS) is 21.1. The van der Waals surface area contributed by atoms with Crippen molar-refractivity contribution in [3.8, 4) is 5.75 Å². The van der Waals surface area contributed by atoms with E-state index in [0.29, 0.717) is 12.5 Å². The average molecular weight is 308 g/mol. The summed E-state index contributed by atoms with van der Waals surface area (Å²) in [6.45, 7) is 4.12. The molecule has 2 aromatic rings. The zero-order valence-corrected chi connectivity index (χ0v) is 13.7. The van der Waals surface area contributed by atoms with Gasteiger partial charge in [-0.05, 0) is 50.6 Å². The number of ether oxygens (including phenoxy) is 1. The number of nitrogens with zero attached hydrogens (tertiary/aromatic N) is 2. The van der Waals surface area contributed by atoms with Crippen LogP contribution in [0.5, 0.6) is 5.75 Å². The van der Waals surface area contributed by atoms with Gasteiger partial charge >= 0.3 is 0 Å². The number of likely N-dealkylation sites (tertiary alicyclic amines) is 1. The van der Waals surface area contributed by atoms with Gasteiger partial charge in [0.2, 0.25) is 0 Å². The Bertz CT molecular complexity index is 637. The molecule has 2 aliphatic rings. The highest BCUT2D eigenvalue weighted by Gasteiger charge is 2.25. The zero-order valence-electron chi connectivity index (χ0n) is 13.7. The molecule has 1 atom stereocenters. The first kappa shape index (κ1) is 14.6. The van der Waals surface area contributed by atoms with Gasteiger partial charge in [-0.2, -0.15) is 0 Å². The molecule has 1 saturated heterocycles. The van der Waals surface area contributed by atoms with Gasteiger partial charge in [0.25, 0.3) is 0 Å². The van der Waals surface area contributed by atoms with E-state index in [4.69, 9.17) is 4.74 Å². The van der Waals surface area contributed by atoms with Crippen LogP contribution >= 0.6 is 0 Å². The van der Waals surface area contributed by atoms with Crippen LogP contribution in [0.15, 0.2) is 48.5 Å². The van der Waals surface area contributed by atoms with Gasteiger partial charge in [-0.25, -0.2) is 0 Å². The Morgan fingerprint density at radius 2 is 1.83 bits per heavy atom. The molecule has 0 unspecified atom stereocenters. The van der Waals surface area contributed by atoms with E-state index in [1.165, 1.54) is 42.9 Å². The third-order valence-electron chi connectivity index (χ3n) is 4.98. The maximum absolute atomic E-state index is 6.06. The minimum absolute atomic E-state index is 0.647. The highest BCUT2D eigenvalue weighted by molar-refractivity contribution is 5.72. The summed E-state index contributed by atoms with van der Waals surface area (Å²) in [5.41, 5.74) is 3.77. The van der Waals surface area contributed by atoms with Crippen LogP contribution in [0.1, 0.15) is 18.4 Å². The van der Waals surface area contributed by atoms with Crippen LogP contribution in [0, 0.1) is 5.92 Å². The predicted molar refractivity (Wildman–Crippen MR) is 94.4 cm³/mol. The SMILES string of the molecule is CN1CCC[C@@H](CN2c3ccccc3COc3ccccc32)C1. The molecule has 0 N–H and O–H groups in total. The molecule has 0 amide bonds. The lowest BCUT2D eigenvalue weighted by atomic mass is 9.97. The van der Waals surface area contributed by atoms with Gasteiger partial charge in [0, 0.05) is 24.3 Å². The summed E-state index contributed by atoms with van der Waals surface area (Å²) in [5.74, 6) is 1.70. The van der Waals surface area contributed by atoms with Gasteiger partial charge in [0.1, 0.15) is 12.4 Å². The van der Waals surface area contributed by atoms with Crippen LogP contribution in [0.25, 0.3) is 0 Å². The molecule has 3 nitrogen and oxygen atoms in total. The highest BCUT2D eigenvalue weighted by atomic mass is 16.5. The Hall–Kier alpha value is -2.00. The summed E-state index contributed by atoms with van der Waals surface area (Å²) in [4.78, 5) is 4.93. The molecule has 0 spiro atoms. The molecule has 0 saturated carbocycles. The Balaban J connectivity index is 1.71. The van der Waals surface area contributed by atoms with Gasteiger partial charge in [-0.3, -0.25) is 0 Å². The van der Waals surface area contributed by atoms with E-state index in [-0.39, 0.29) is 0 Å². The number of rotatable bonds is 2. The lowest BCUT2D eigenvalue weighted by Crippen LogP contribution is -2.38. The van der Waals surface area contributed by atoms with Crippen molar-refractivity contribution in [2.24, 2.45) is 5.92 Å². The van der Waals surface area contributed by atoms with Gasteiger partial charge in [-0.1, -0.05) is 30.3 Å². The molecule has 0 radical (unpaired) electrons. The fourth-order valence-corrected chi connectivity index (χ4v) is 3.86. The van der Waals surface area contributed by atoms with E-state index in [2.05, 4.69) is 65.4 Å². The minimum atomic E-state index is 0.647. The predicted octanol–water partition coefficient (Wildman–Crippen LogP) is 4.06. The summed E-state index contributed by atoms with van der Waals surface area (Å²) < 4.78 is 6.06. The summed E-state index contributed by atoms with van der Waals surface area (Å²) in [6.07, 6.45) is 2.61. The lowest BCUT2D eigenvalue weighted by molar-refractivity contribution is 0.214. The zero-order chi connectivity index (χ0) is 15.6. The van der Waals surface area contributed by atoms with Crippen LogP contribution < -0.4 is 9.64 Å². The van der Waals surface area contributed by atoms with Crippen LogP contribution in [-0.4, -0.2) is 31.6 Å². The molecule has 4 rings (SSSR count). The number of para-hydroxylation sites is 3. The first-order chi connectivity index (χ1) is 11.3. The Morgan fingerprint density at radius 3 is 2.70 bits per heavy atom. The van der Waals surface area contributed by atoms with Crippen molar-refractivity contribution in [2.45, 2.75) is 19.4 Å². The minimum Gasteiger partial charge on any atom is -0.487 e. The van der Waals surface area contributed by atoms with E-state index in [0.717, 1.165) is 12.3 Å². The maximum Gasteiger partial charge on any atom is 0.143 e. The van der Waals surface area contributed by atoms with Crippen LogP contribution in [0.3, 0.4) is 0 Å². The highest BCUT2D eigenvalue weighted by Crippen LogP contribution is 2.40. The standard InChI is InChI=1S/C20H24N2O/c1-21-12-6-7-16(13-21)14-22-18-9-3-2-8-17(18)15-23-20-11-5-4-10-19(20)22/h2-5,8-11,16H,6-7,12-15H2,1H3/t16-/m1/s1. The molecule has 2 aromatic carbocycles. The number of piperidine rings is 1. The Labute approximate surface area is 138 Å². The van der Waals surface area contributed by atoms with Gasteiger partial charge < -0.3 is 14.5 Å². The van der Waals surface area contributed by atoms with E-state index in [1.54, 1.807) is 0 Å². The lowest BCUT2D eigenvalue weighted by Gasteiger charge is -2.35. The summed E-state index contributed by atoms with van der Waals surface area (Å²) >= 11 is 0. The van der Waals surface area contributed by atoms with Crippen molar-refractivity contribution in [3.63, 3.8) is 0 Å². The molecule has 23 heavy (non-hydrogen) atoms. The van der Waals surface area contributed by atoms with Gasteiger partial charge in [-0.15, -0.1) is 0 Å². The Kier molecular flexibility index (Phi) is 3.96. The van der Waals surface area contributed by atoms with Gasteiger partial charge in [0.15, 0.2) is 0 Å². The van der Waals surface area contributed by atoms with Crippen LogP contribution in [-0.2, 0) is 6.61 Å². The van der Waals surface area contributed by atoms with Crippen molar-refractivity contribution in [1.29, 1.82) is 0 Å². The molecule has 120 valence electrons. The first-order valence-electron chi connectivity index (χ1n) is 8.57. The van der Waals surface area contributed by atoms with Crippen molar-refractivity contribution >= 4 is 11.4 Å². The third-order valence-corrected chi connectivity index (χ3v) is 4.98. The van der Waals surface area contributed by atoms with E-state index in [1.807, 2.05) is 0 Å². The van der Waals surface area contributed by atoms with Crippen molar-refractivity contribution in [1.82, 2.24) is 4.90 Å². The third kappa shape index (κ3) is 2.93. The fourth-order valence-electron chi connectivity index (χ4n) is 3.86. The number of fused-ring (bicyclic) bond motifs is 2. The average Bonchev–Trinajstić information content (AvgIpc) is 2.73. The van der Waals surface area contributed by atoms with Gasteiger partial charge in [0.05, 0.1) is 5.69 Å². The molecular weight excluding hydrogens is 284 g/mol. The van der Waals surface area contributed by atoms with Crippen molar-refractivity contribution in [2.75, 3.05) is 31.6 Å². The topological polar surface area (TPSA) is 15.7 Å². The summed E-state index contributed by atoms with van der Waals surface area (Å²) in [5, 5.41) is 0. The molecule has 2 aliphatic heterocycles. The smallest absolute Gasteiger partial charge is 0.143 e. The van der Waals surface area contributed by atoms with Crippen molar-refractivity contribution in [3.05, 3.63) is 54.1 Å². The maximum atomic E-state index is 6.06. The Morgan fingerprint density at radius 1 is 1.04 bits per heavy atom. The second-order valence-electron chi connectivity index (χ2n) is 6.77. The van der Waals surface area contributed by atoms with E-state index >= 15 is 0 Å². The van der Waals surface area contributed by atoms with Crippen LogP contribution in [0.4, 0.5) is 11.4 Å². The molecule has 1 fully saturated rings. The first-order valence-corrected chi connectivity index (χ1v) is 8.57. The monoisotopic (exact) mass is 308 g/mol. The molecule has 0 bridgehead atoms. The largest absolute Gasteiger partial charge is 0.487 e. The van der Waals surface area contributed by atoms with E-state index < -0.39 is 0 Å². The number of hydrogen-bond donors (Lipinski definition) is 0. The number of benzene rings is 2. The fraction of sp³-hybridized carbons (Fsp3) is 0.400. The number of anilines is 2. The van der Waals surface area contributed by atoms with Crippen LogP contribution in [0.2, 0.25) is 0 Å². The van der Waals surface area contributed by atoms with Crippen molar-refractivity contribution < 1.29 is 4.74 Å². The van der Waals surface area contributed by atoms with E-state index in [9.17, 15) is 0 Å². The summed E-state index contributed by atoms with van der Waals surface area (Å²) in [7, 11) is 2.24. The summed E-state index contributed by atoms with van der Waals surface area (Å²) in [6, 6.07) is 17.1.